The zero-order valence-electron chi connectivity index (χ0n) is 13.7. The molecule has 2 aromatic rings. The monoisotopic (exact) mass is 342 g/mol. The third-order valence-electron chi connectivity index (χ3n) is 3.69. The Morgan fingerprint density at radius 2 is 1.96 bits per heavy atom. The number of hydrogen-bond donors (Lipinski definition) is 1. The number of nitrogens with one attached hydrogen (secondary N) is 1. The third-order valence-corrected chi connectivity index (χ3v) is 3.92. The first-order valence-electron chi connectivity index (χ1n) is 7.69. The third kappa shape index (κ3) is 3.96. The fourth-order valence-corrected chi connectivity index (χ4v) is 2.73. The van der Waals surface area contributed by atoms with Crippen molar-refractivity contribution in [3.63, 3.8) is 0 Å². The molecule has 1 amide bonds. The van der Waals surface area contributed by atoms with Crippen LogP contribution in [0.25, 0.3) is 6.08 Å². The van der Waals surface area contributed by atoms with Crippen molar-refractivity contribution < 1.29 is 9.53 Å². The van der Waals surface area contributed by atoms with E-state index < -0.39 is 0 Å². The van der Waals surface area contributed by atoms with Crippen LogP contribution in [-0.2, 0) is 11.3 Å². The molecule has 2 aromatic carbocycles. The molecule has 4 nitrogen and oxygen atoms in total. The summed E-state index contributed by atoms with van der Waals surface area (Å²) in [5, 5.41) is 3.52. The Morgan fingerprint density at radius 3 is 2.67 bits per heavy atom. The lowest BCUT2D eigenvalue weighted by molar-refractivity contribution is -0.113. The highest BCUT2D eigenvalue weighted by molar-refractivity contribution is 6.30. The van der Waals surface area contributed by atoms with E-state index in [1.165, 1.54) is 5.56 Å². The summed E-state index contributed by atoms with van der Waals surface area (Å²) in [5.41, 5.74) is 3.35. The van der Waals surface area contributed by atoms with Gasteiger partial charge in [-0.2, -0.15) is 0 Å². The first-order chi connectivity index (χ1) is 11.5. The lowest BCUT2D eigenvalue weighted by Crippen LogP contribution is -2.21. The minimum atomic E-state index is -0.166. The maximum Gasteiger partial charge on any atom is 0.255 e. The summed E-state index contributed by atoms with van der Waals surface area (Å²) in [6.45, 7) is 1.12. The van der Waals surface area contributed by atoms with E-state index in [4.69, 9.17) is 16.3 Å². The van der Waals surface area contributed by atoms with Gasteiger partial charge in [-0.1, -0.05) is 23.7 Å². The molecule has 3 rings (SSSR count). The maximum absolute atomic E-state index is 12.4. The predicted molar refractivity (Wildman–Crippen MR) is 97.4 cm³/mol. The van der Waals surface area contributed by atoms with Crippen molar-refractivity contribution in [3.05, 3.63) is 64.2 Å². The van der Waals surface area contributed by atoms with Crippen molar-refractivity contribution in [1.82, 2.24) is 4.90 Å². The van der Waals surface area contributed by atoms with E-state index in [9.17, 15) is 4.79 Å². The largest absolute Gasteiger partial charge is 0.488 e. The van der Waals surface area contributed by atoms with Crippen molar-refractivity contribution in [2.75, 3.05) is 26.0 Å². The normalized spacial score (nSPS) is 13.1. The van der Waals surface area contributed by atoms with Crippen LogP contribution in [-0.4, -0.2) is 31.5 Å². The highest BCUT2D eigenvalue weighted by Gasteiger charge is 2.17. The number of fused-ring (bicyclic) bond motifs is 1. The minimum Gasteiger partial charge on any atom is -0.488 e. The van der Waals surface area contributed by atoms with Crippen molar-refractivity contribution in [2.24, 2.45) is 0 Å². The molecule has 0 atom stereocenters. The van der Waals surface area contributed by atoms with Gasteiger partial charge in [-0.25, -0.2) is 0 Å². The van der Waals surface area contributed by atoms with Gasteiger partial charge in [0.1, 0.15) is 12.4 Å². The van der Waals surface area contributed by atoms with Gasteiger partial charge in [-0.15, -0.1) is 0 Å². The van der Waals surface area contributed by atoms with Gasteiger partial charge in [0.25, 0.3) is 5.91 Å². The van der Waals surface area contributed by atoms with Crippen LogP contribution < -0.4 is 10.1 Å². The summed E-state index contributed by atoms with van der Waals surface area (Å²) in [6, 6.07) is 13.2. The van der Waals surface area contributed by atoms with Crippen molar-refractivity contribution in [2.45, 2.75) is 6.54 Å². The number of carbonyl (C=O) groups excluding carboxylic acids is 1. The highest BCUT2D eigenvalue weighted by Crippen LogP contribution is 2.29. The summed E-state index contributed by atoms with van der Waals surface area (Å²) in [4.78, 5) is 14.5. The molecular formula is C19H19ClN2O2. The van der Waals surface area contributed by atoms with Gasteiger partial charge in [-0.3, -0.25) is 4.79 Å². The number of amides is 1. The van der Waals surface area contributed by atoms with Crippen LogP contribution in [0.5, 0.6) is 5.75 Å². The van der Waals surface area contributed by atoms with E-state index in [-0.39, 0.29) is 12.5 Å². The van der Waals surface area contributed by atoms with Crippen molar-refractivity contribution in [1.29, 1.82) is 0 Å². The lowest BCUT2D eigenvalue weighted by atomic mass is 10.1. The van der Waals surface area contributed by atoms with Crippen LogP contribution in [0.2, 0.25) is 5.02 Å². The second-order valence-electron chi connectivity index (χ2n) is 6.03. The van der Waals surface area contributed by atoms with Crippen LogP contribution in [0.15, 0.2) is 48.0 Å². The molecule has 0 bridgehead atoms. The minimum absolute atomic E-state index is 0.166. The van der Waals surface area contributed by atoms with E-state index in [1.807, 2.05) is 50.5 Å². The summed E-state index contributed by atoms with van der Waals surface area (Å²) in [6.07, 6.45) is 1.82. The Balaban J connectivity index is 1.71. The Morgan fingerprint density at radius 1 is 1.21 bits per heavy atom. The standard InChI is InChI=1S/C19H19ClN2O2/c1-22(2)11-13-3-6-17(7-4-13)21-19(23)15-9-14-10-16(20)5-8-18(14)24-12-15/h3-10H,11-12H2,1-2H3,(H,21,23). The number of ether oxygens (including phenoxy) is 1. The maximum atomic E-state index is 12.4. The molecule has 0 aromatic heterocycles. The molecule has 1 N–H and O–H groups in total. The summed E-state index contributed by atoms with van der Waals surface area (Å²) >= 11 is 6.00. The van der Waals surface area contributed by atoms with Crippen molar-refractivity contribution in [3.8, 4) is 5.75 Å². The van der Waals surface area contributed by atoms with Crippen LogP contribution in [0.3, 0.4) is 0 Å². The average Bonchev–Trinajstić information content (AvgIpc) is 2.55. The van der Waals surface area contributed by atoms with Crippen molar-refractivity contribution >= 4 is 29.3 Å². The molecule has 0 fully saturated rings. The first kappa shape index (κ1) is 16.6. The van der Waals surface area contributed by atoms with Crippen LogP contribution in [0, 0.1) is 0 Å². The van der Waals surface area contributed by atoms with Crippen LogP contribution in [0.4, 0.5) is 5.69 Å². The van der Waals surface area contributed by atoms with E-state index in [0.29, 0.717) is 10.6 Å². The first-order valence-corrected chi connectivity index (χ1v) is 8.07. The summed E-state index contributed by atoms with van der Waals surface area (Å²) in [5.74, 6) is 0.574. The zero-order chi connectivity index (χ0) is 17.1. The van der Waals surface area contributed by atoms with Gasteiger partial charge in [-0.05, 0) is 56.1 Å². The quantitative estimate of drug-likeness (QED) is 0.918. The number of halogens is 1. The number of benzene rings is 2. The Bertz CT molecular complexity index is 782. The zero-order valence-corrected chi connectivity index (χ0v) is 14.4. The van der Waals surface area contributed by atoms with Crippen LogP contribution in [0.1, 0.15) is 11.1 Å². The molecule has 1 aliphatic heterocycles. The molecule has 0 radical (unpaired) electrons. The fraction of sp³-hybridized carbons (Fsp3) is 0.211. The number of carbonyl (C=O) groups is 1. The molecule has 1 heterocycles. The second kappa shape index (κ2) is 7.07. The average molecular weight is 343 g/mol. The summed E-state index contributed by atoms with van der Waals surface area (Å²) in [7, 11) is 4.05. The molecule has 0 unspecified atom stereocenters. The Labute approximate surface area is 146 Å². The van der Waals surface area contributed by atoms with Gasteiger partial charge >= 0.3 is 0 Å². The predicted octanol–water partition coefficient (Wildman–Crippen LogP) is 3.82. The number of hydrogen-bond acceptors (Lipinski definition) is 3. The summed E-state index contributed by atoms with van der Waals surface area (Å²) < 4.78 is 5.62. The Hall–Kier alpha value is -2.30. The van der Waals surface area contributed by atoms with Gasteiger partial charge in [0, 0.05) is 22.8 Å². The number of rotatable bonds is 4. The molecular weight excluding hydrogens is 324 g/mol. The topological polar surface area (TPSA) is 41.6 Å². The van der Waals surface area contributed by atoms with Gasteiger partial charge in [0.2, 0.25) is 0 Å². The second-order valence-corrected chi connectivity index (χ2v) is 6.47. The molecule has 0 aliphatic carbocycles. The molecule has 1 aliphatic rings. The smallest absolute Gasteiger partial charge is 0.255 e. The molecule has 5 heteroatoms. The van der Waals surface area contributed by atoms with E-state index in [1.54, 1.807) is 12.1 Å². The van der Waals surface area contributed by atoms with Crippen LogP contribution >= 0.6 is 11.6 Å². The van der Waals surface area contributed by atoms with Gasteiger partial charge in [0.15, 0.2) is 0 Å². The highest BCUT2D eigenvalue weighted by atomic mass is 35.5. The molecule has 0 spiro atoms. The number of anilines is 1. The van der Waals surface area contributed by atoms with E-state index in [2.05, 4.69) is 10.2 Å². The molecule has 0 saturated heterocycles. The van der Waals surface area contributed by atoms with Gasteiger partial charge < -0.3 is 15.0 Å². The lowest BCUT2D eigenvalue weighted by Gasteiger charge is -2.18. The van der Waals surface area contributed by atoms with Gasteiger partial charge in [0.05, 0.1) is 5.57 Å². The molecule has 24 heavy (non-hydrogen) atoms. The SMILES string of the molecule is CN(C)Cc1ccc(NC(=O)C2=Cc3cc(Cl)ccc3OC2)cc1. The fourth-order valence-electron chi connectivity index (χ4n) is 2.55. The van der Waals surface area contributed by atoms with E-state index in [0.717, 1.165) is 23.5 Å². The Kier molecular flexibility index (Phi) is 4.88. The molecule has 124 valence electrons. The molecule has 0 saturated carbocycles. The number of nitrogens with zero attached hydrogens (tertiary/aromatic N) is 1. The van der Waals surface area contributed by atoms with E-state index >= 15 is 0 Å².